The SMILES string of the molecule is CNCc1ccnc(N(C)CCOC(C)C)c1. The molecule has 0 bridgehead atoms. The number of nitrogens with one attached hydrogen (secondary N) is 1. The number of pyridine rings is 1. The third kappa shape index (κ3) is 5.15. The number of hydrogen-bond acceptors (Lipinski definition) is 4. The van der Waals surface area contributed by atoms with E-state index in [4.69, 9.17) is 4.74 Å². The maximum Gasteiger partial charge on any atom is 0.128 e. The molecule has 0 radical (unpaired) electrons. The Balaban J connectivity index is 2.50. The first kappa shape index (κ1) is 13.9. The summed E-state index contributed by atoms with van der Waals surface area (Å²) in [5.41, 5.74) is 1.24. The molecule has 0 spiro atoms. The highest BCUT2D eigenvalue weighted by atomic mass is 16.5. The maximum atomic E-state index is 5.53. The number of ether oxygens (including phenoxy) is 1. The molecule has 0 saturated carbocycles. The largest absolute Gasteiger partial charge is 0.377 e. The van der Waals surface area contributed by atoms with Gasteiger partial charge < -0.3 is 15.0 Å². The van der Waals surface area contributed by atoms with Crippen LogP contribution in [0.2, 0.25) is 0 Å². The second kappa shape index (κ2) is 7.25. The maximum absolute atomic E-state index is 5.53. The number of rotatable bonds is 7. The third-order valence-electron chi connectivity index (χ3n) is 2.46. The lowest BCUT2D eigenvalue weighted by molar-refractivity contribution is 0.0845. The van der Waals surface area contributed by atoms with E-state index in [2.05, 4.69) is 21.3 Å². The van der Waals surface area contributed by atoms with Crippen molar-refractivity contribution >= 4 is 5.82 Å². The van der Waals surface area contributed by atoms with Gasteiger partial charge in [0.15, 0.2) is 0 Å². The Hall–Kier alpha value is -1.13. The van der Waals surface area contributed by atoms with E-state index < -0.39 is 0 Å². The van der Waals surface area contributed by atoms with Crippen molar-refractivity contribution in [2.45, 2.75) is 26.5 Å². The Kier molecular flexibility index (Phi) is 5.94. The highest BCUT2D eigenvalue weighted by molar-refractivity contribution is 5.39. The van der Waals surface area contributed by atoms with E-state index in [1.807, 2.05) is 40.2 Å². The molecule has 1 aromatic rings. The first-order valence-electron chi connectivity index (χ1n) is 6.05. The molecule has 0 aliphatic heterocycles. The molecule has 17 heavy (non-hydrogen) atoms. The van der Waals surface area contributed by atoms with Crippen LogP contribution < -0.4 is 10.2 Å². The summed E-state index contributed by atoms with van der Waals surface area (Å²) in [7, 11) is 3.98. The number of likely N-dealkylation sites (N-methyl/N-ethyl adjacent to an activating group) is 1. The Labute approximate surface area is 104 Å². The summed E-state index contributed by atoms with van der Waals surface area (Å²) in [4.78, 5) is 6.47. The first-order valence-corrected chi connectivity index (χ1v) is 6.05. The van der Waals surface area contributed by atoms with Crippen LogP contribution in [-0.4, -0.2) is 38.3 Å². The molecule has 4 heteroatoms. The summed E-state index contributed by atoms with van der Waals surface area (Å²) in [5, 5.41) is 3.14. The zero-order valence-electron chi connectivity index (χ0n) is 11.2. The molecular formula is C13H23N3O. The molecule has 0 atom stereocenters. The molecule has 96 valence electrons. The second-order valence-corrected chi connectivity index (χ2v) is 4.39. The minimum Gasteiger partial charge on any atom is -0.377 e. The fourth-order valence-corrected chi connectivity index (χ4v) is 1.52. The monoisotopic (exact) mass is 237 g/mol. The lowest BCUT2D eigenvalue weighted by atomic mass is 10.2. The predicted molar refractivity (Wildman–Crippen MR) is 71.4 cm³/mol. The Morgan fingerprint density at radius 1 is 1.47 bits per heavy atom. The van der Waals surface area contributed by atoms with Crippen LogP contribution in [0.4, 0.5) is 5.82 Å². The summed E-state index contributed by atoms with van der Waals surface area (Å²) in [6.45, 7) is 6.55. The topological polar surface area (TPSA) is 37.4 Å². The van der Waals surface area contributed by atoms with Crippen LogP contribution in [0.3, 0.4) is 0 Å². The zero-order chi connectivity index (χ0) is 12.7. The lowest BCUT2D eigenvalue weighted by Crippen LogP contribution is -2.24. The summed E-state index contributed by atoms with van der Waals surface area (Å²) in [5.74, 6) is 0.991. The van der Waals surface area contributed by atoms with Gasteiger partial charge in [0.25, 0.3) is 0 Å². The van der Waals surface area contributed by atoms with E-state index >= 15 is 0 Å². The molecule has 1 rings (SSSR count). The van der Waals surface area contributed by atoms with E-state index in [9.17, 15) is 0 Å². The van der Waals surface area contributed by atoms with Crippen LogP contribution in [0.5, 0.6) is 0 Å². The summed E-state index contributed by atoms with van der Waals surface area (Å²) >= 11 is 0. The van der Waals surface area contributed by atoms with E-state index in [-0.39, 0.29) is 6.10 Å². The second-order valence-electron chi connectivity index (χ2n) is 4.39. The van der Waals surface area contributed by atoms with Gasteiger partial charge in [-0.25, -0.2) is 4.98 Å². The van der Waals surface area contributed by atoms with Gasteiger partial charge in [0.2, 0.25) is 0 Å². The van der Waals surface area contributed by atoms with Crippen LogP contribution in [0.15, 0.2) is 18.3 Å². The number of hydrogen-bond donors (Lipinski definition) is 1. The molecule has 0 aromatic carbocycles. The van der Waals surface area contributed by atoms with Gasteiger partial charge in [-0.15, -0.1) is 0 Å². The van der Waals surface area contributed by atoms with Crippen LogP contribution in [0, 0.1) is 0 Å². The van der Waals surface area contributed by atoms with Gasteiger partial charge in [-0.2, -0.15) is 0 Å². The highest BCUT2D eigenvalue weighted by Crippen LogP contribution is 2.10. The number of nitrogens with zero attached hydrogens (tertiary/aromatic N) is 2. The van der Waals surface area contributed by atoms with Crippen molar-refractivity contribution in [2.24, 2.45) is 0 Å². The highest BCUT2D eigenvalue weighted by Gasteiger charge is 2.03. The fourth-order valence-electron chi connectivity index (χ4n) is 1.52. The predicted octanol–water partition coefficient (Wildman–Crippen LogP) is 1.66. The van der Waals surface area contributed by atoms with E-state index in [0.29, 0.717) is 0 Å². The summed E-state index contributed by atoms with van der Waals surface area (Å²) < 4.78 is 5.53. The quantitative estimate of drug-likeness (QED) is 0.782. The van der Waals surface area contributed by atoms with Gasteiger partial charge in [-0.3, -0.25) is 0 Å². The molecule has 1 aromatic heterocycles. The number of aromatic nitrogens is 1. The molecule has 0 fully saturated rings. The molecule has 1 N–H and O–H groups in total. The van der Waals surface area contributed by atoms with Crippen LogP contribution in [-0.2, 0) is 11.3 Å². The van der Waals surface area contributed by atoms with Gasteiger partial charge in [-0.1, -0.05) is 0 Å². The third-order valence-corrected chi connectivity index (χ3v) is 2.46. The van der Waals surface area contributed by atoms with Crippen LogP contribution >= 0.6 is 0 Å². The van der Waals surface area contributed by atoms with Gasteiger partial charge >= 0.3 is 0 Å². The minimum absolute atomic E-state index is 0.284. The Morgan fingerprint density at radius 3 is 2.88 bits per heavy atom. The van der Waals surface area contributed by atoms with Gasteiger partial charge in [0.05, 0.1) is 12.7 Å². The Bertz CT molecular complexity index is 328. The van der Waals surface area contributed by atoms with Crippen molar-refractivity contribution in [2.75, 3.05) is 32.1 Å². The molecule has 0 aliphatic rings. The fraction of sp³-hybridized carbons (Fsp3) is 0.615. The average molecular weight is 237 g/mol. The van der Waals surface area contributed by atoms with Crippen LogP contribution in [0.25, 0.3) is 0 Å². The lowest BCUT2D eigenvalue weighted by Gasteiger charge is -2.19. The summed E-state index contributed by atoms with van der Waals surface area (Å²) in [6.07, 6.45) is 2.13. The molecular weight excluding hydrogens is 214 g/mol. The standard InChI is InChI=1S/C13H23N3O/c1-11(2)17-8-7-16(4)13-9-12(10-14-3)5-6-15-13/h5-6,9,11,14H,7-8,10H2,1-4H3. The van der Waals surface area contributed by atoms with Crippen molar-refractivity contribution in [3.8, 4) is 0 Å². The molecule has 0 aliphatic carbocycles. The molecule has 1 heterocycles. The van der Waals surface area contributed by atoms with Crippen LogP contribution in [0.1, 0.15) is 19.4 Å². The first-order chi connectivity index (χ1) is 8.13. The minimum atomic E-state index is 0.284. The van der Waals surface area contributed by atoms with Crippen molar-refractivity contribution in [1.82, 2.24) is 10.3 Å². The van der Waals surface area contributed by atoms with Crippen molar-refractivity contribution in [1.29, 1.82) is 0 Å². The van der Waals surface area contributed by atoms with Crippen molar-refractivity contribution in [3.63, 3.8) is 0 Å². The van der Waals surface area contributed by atoms with E-state index in [1.54, 1.807) is 0 Å². The normalized spacial score (nSPS) is 10.9. The van der Waals surface area contributed by atoms with E-state index in [0.717, 1.165) is 25.5 Å². The molecule has 0 saturated heterocycles. The van der Waals surface area contributed by atoms with Gasteiger partial charge in [-0.05, 0) is 38.6 Å². The average Bonchev–Trinajstić information content (AvgIpc) is 2.29. The Morgan fingerprint density at radius 2 is 2.24 bits per heavy atom. The summed E-state index contributed by atoms with van der Waals surface area (Å²) in [6, 6.07) is 4.13. The molecule has 0 unspecified atom stereocenters. The van der Waals surface area contributed by atoms with Crippen molar-refractivity contribution < 1.29 is 4.74 Å². The van der Waals surface area contributed by atoms with Crippen molar-refractivity contribution in [3.05, 3.63) is 23.9 Å². The number of anilines is 1. The molecule has 4 nitrogen and oxygen atoms in total. The smallest absolute Gasteiger partial charge is 0.128 e. The molecule has 0 amide bonds. The van der Waals surface area contributed by atoms with Gasteiger partial charge in [0, 0.05) is 26.3 Å². The zero-order valence-corrected chi connectivity index (χ0v) is 11.2. The van der Waals surface area contributed by atoms with Gasteiger partial charge in [0.1, 0.15) is 5.82 Å². The van der Waals surface area contributed by atoms with E-state index in [1.165, 1.54) is 5.56 Å².